The van der Waals surface area contributed by atoms with Crippen LogP contribution in [0.1, 0.15) is 39.7 Å². The number of alkyl halides is 2. The average Bonchev–Trinajstić information content (AvgIpc) is 2.98. The molecule has 1 aromatic carbocycles. The third kappa shape index (κ3) is 6.03. The minimum atomic E-state index is -4.93. The summed E-state index contributed by atoms with van der Waals surface area (Å²) in [5.74, 6) is -4.47. The number of ether oxygens (including phenoxy) is 3. The predicted octanol–water partition coefficient (Wildman–Crippen LogP) is 3.43. The smallest absolute Gasteiger partial charge is 0.399 e. The second-order valence-electron chi connectivity index (χ2n) is 7.38. The zero-order chi connectivity index (χ0) is 24.9. The molecule has 186 valence electrons. The highest BCUT2D eigenvalue weighted by molar-refractivity contribution is 7.55. The zero-order valence-corrected chi connectivity index (χ0v) is 19.8. The Morgan fingerprint density at radius 3 is 2.21 bits per heavy atom. The van der Waals surface area contributed by atoms with E-state index in [4.69, 9.17) is 23.3 Å². The van der Waals surface area contributed by atoms with Crippen LogP contribution in [-0.4, -0.2) is 59.8 Å². The Morgan fingerprint density at radius 1 is 1.15 bits per heavy atom. The van der Waals surface area contributed by atoms with E-state index in [1.54, 1.807) is 30.3 Å². The maximum Gasteiger partial charge on any atom is 0.399 e. The highest BCUT2D eigenvalue weighted by atomic mass is 31.2. The van der Waals surface area contributed by atoms with Crippen LogP contribution in [0.5, 0.6) is 0 Å². The van der Waals surface area contributed by atoms with Gasteiger partial charge in [-0.15, -0.1) is 0 Å². The maximum absolute atomic E-state index is 15.2. The molecule has 0 spiro atoms. The van der Waals surface area contributed by atoms with E-state index in [0.717, 1.165) is 13.8 Å². The number of esters is 1. The van der Waals surface area contributed by atoms with Gasteiger partial charge in [0.05, 0.1) is 32.3 Å². The number of benzene rings is 1. The minimum absolute atomic E-state index is 0.128. The van der Waals surface area contributed by atoms with Crippen molar-refractivity contribution in [2.75, 3.05) is 13.2 Å². The number of carbonyl (C=O) groups excluding carboxylic acids is 2. The molecule has 1 aromatic rings. The molecule has 1 fully saturated rings. The average molecular weight is 494 g/mol. The van der Waals surface area contributed by atoms with Crippen LogP contribution >= 0.6 is 7.60 Å². The number of carbonyl (C=O) groups is 2. The summed E-state index contributed by atoms with van der Waals surface area (Å²) in [5.41, 5.74) is -3.42. The van der Waals surface area contributed by atoms with E-state index in [-0.39, 0.29) is 19.8 Å². The van der Waals surface area contributed by atoms with Crippen LogP contribution in [0.2, 0.25) is 0 Å². The number of ketones is 1. The van der Waals surface area contributed by atoms with Crippen molar-refractivity contribution in [3.8, 4) is 0 Å². The SMILES string of the molecule is CCOP(=O)(OCC)C(F)(F)C[C@H]1O[C@](OC(C)=O)(C(C)=O)[C@H](O)[C@@H]1OCc1ccccc1. The Labute approximate surface area is 190 Å². The summed E-state index contributed by atoms with van der Waals surface area (Å²) in [5, 5.41) is 10.8. The summed E-state index contributed by atoms with van der Waals surface area (Å²) < 4.78 is 68.7. The minimum Gasteiger partial charge on any atom is -0.422 e. The van der Waals surface area contributed by atoms with Gasteiger partial charge < -0.3 is 28.4 Å². The molecule has 0 unspecified atom stereocenters. The quantitative estimate of drug-likeness (QED) is 0.344. The van der Waals surface area contributed by atoms with Crippen LogP contribution in [0.3, 0.4) is 0 Å². The molecule has 1 saturated heterocycles. The molecule has 0 radical (unpaired) electrons. The van der Waals surface area contributed by atoms with Crippen molar-refractivity contribution in [3.63, 3.8) is 0 Å². The molecule has 1 aliphatic heterocycles. The van der Waals surface area contributed by atoms with Crippen LogP contribution in [0, 0.1) is 0 Å². The highest BCUT2D eigenvalue weighted by Gasteiger charge is 2.65. The van der Waals surface area contributed by atoms with Gasteiger partial charge in [0.1, 0.15) is 6.10 Å². The Hall–Kier alpha value is -1.75. The van der Waals surface area contributed by atoms with E-state index in [2.05, 4.69) is 0 Å². The molecule has 1 N–H and O–H groups in total. The lowest BCUT2D eigenvalue weighted by molar-refractivity contribution is -0.240. The number of rotatable bonds is 12. The lowest BCUT2D eigenvalue weighted by Crippen LogP contribution is -2.52. The summed E-state index contributed by atoms with van der Waals surface area (Å²) in [6.45, 7) is 3.97. The Morgan fingerprint density at radius 2 is 1.73 bits per heavy atom. The van der Waals surface area contributed by atoms with E-state index in [1.165, 1.54) is 13.8 Å². The number of hydrogen-bond acceptors (Lipinski definition) is 9. The summed E-state index contributed by atoms with van der Waals surface area (Å²) in [4.78, 5) is 24.0. The summed E-state index contributed by atoms with van der Waals surface area (Å²) in [6.07, 6.45) is -6.45. The zero-order valence-electron chi connectivity index (χ0n) is 18.9. The molecule has 1 aliphatic rings. The van der Waals surface area contributed by atoms with Crippen molar-refractivity contribution in [1.29, 1.82) is 0 Å². The molecule has 0 amide bonds. The fraction of sp³-hybridized carbons (Fsp3) is 0.619. The first-order valence-corrected chi connectivity index (χ1v) is 12.0. The van der Waals surface area contributed by atoms with Crippen LogP contribution in [0.25, 0.3) is 0 Å². The van der Waals surface area contributed by atoms with E-state index in [9.17, 15) is 19.3 Å². The second-order valence-corrected chi connectivity index (χ2v) is 9.55. The Kier molecular flexibility index (Phi) is 9.26. The normalized spacial score (nSPS) is 25.7. The molecule has 1 heterocycles. The van der Waals surface area contributed by atoms with Gasteiger partial charge in [-0.05, 0) is 19.4 Å². The molecule has 33 heavy (non-hydrogen) atoms. The molecule has 4 atom stereocenters. The number of Topliss-reactive ketones (excluding diaryl/α,β-unsaturated/α-hetero) is 1. The fourth-order valence-electron chi connectivity index (χ4n) is 3.49. The highest BCUT2D eigenvalue weighted by Crippen LogP contribution is 2.64. The largest absolute Gasteiger partial charge is 0.422 e. The van der Waals surface area contributed by atoms with Crippen molar-refractivity contribution in [3.05, 3.63) is 35.9 Å². The van der Waals surface area contributed by atoms with Gasteiger partial charge in [0.25, 0.3) is 0 Å². The van der Waals surface area contributed by atoms with Crippen LogP contribution in [0.4, 0.5) is 8.78 Å². The van der Waals surface area contributed by atoms with Gasteiger partial charge in [0.2, 0.25) is 5.78 Å². The molecule has 0 aromatic heterocycles. The summed E-state index contributed by atoms with van der Waals surface area (Å²) in [7, 11) is -4.93. The van der Waals surface area contributed by atoms with Gasteiger partial charge in [-0.3, -0.25) is 14.2 Å². The van der Waals surface area contributed by atoms with Gasteiger partial charge in [-0.25, -0.2) is 0 Å². The molecule has 12 heteroatoms. The predicted molar refractivity (Wildman–Crippen MR) is 111 cm³/mol. The second kappa shape index (κ2) is 11.1. The molecule has 9 nitrogen and oxygen atoms in total. The maximum atomic E-state index is 15.2. The van der Waals surface area contributed by atoms with E-state index in [1.807, 2.05) is 0 Å². The lowest BCUT2D eigenvalue weighted by Gasteiger charge is -2.29. The monoisotopic (exact) mass is 494 g/mol. The lowest BCUT2D eigenvalue weighted by atomic mass is 10.0. The van der Waals surface area contributed by atoms with Crippen molar-refractivity contribution in [1.82, 2.24) is 0 Å². The van der Waals surface area contributed by atoms with Gasteiger partial charge in [0.15, 0.2) is 6.10 Å². The van der Waals surface area contributed by atoms with Crippen LogP contribution in [-0.2, 0) is 44.0 Å². The van der Waals surface area contributed by atoms with Gasteiger partial charge in [-0.1, -0.05) is 30.3 Å². The van der Waals surface area contributed by atoms with Gasteiger partial charge in [0, 0.05) is 13.8 Å². The van der Waals surface area contributed by atoms with E-state index >= 15 is 8.78 Å². The standard InChI is InChI=1S/C21H29F2O9P/c1-5-29-33(27,30-6-2)20(22,23)12-17-18(28-13-16-10-8-7-9-11-16)19(26)21(32-17,14(3)24)31-15(4)25/h7-11,17-19,26H,5-6,12-13H2,1-4H3/t17-,18-,19-,21-/m1/s1. The molecule has 0 bridgehead atoms. The van der Waals surface area contributed by atoms with Crippen molar-refractivity contribution < 1.29 is 51.3 Å². The molecular formula is C21H29F2O9P. The van der Waals surface area contributed by atoms with Crippen molar-refractivity contribution >= 4 is 19.3 Å². The molecule has 0 aliphatic carbocycles. The molecule has 2 rings (SSSR count). The van der Waals surface area contributed by atoms with Crippen molar-refractivity contribution in [2.24, 2.45) is 0 Å². The molecular weight excluding hydrogens is 465 g/mol. The number of halogens is 2. The first-order valence-electron chi connectivity index (χ1n) is 10.4. The summed E-state index contributed by atoms with van der Waals surface area (Å²) in [6, 6.07) is 8.62. The Balaban J connectivity index is 2.40. The van der Waals surface area contributed by atoms with Crippen LogP contribution < -0.4 is 0 Å². The topological polar surface area (TPSA) is 118 Å². The third-order valence-corrected chi connectivity index (χ3v) is 7.09. The molecule has 0 saturated carbocycles. The van der Waals surface area contributed by atoms with E-state index < -0.39 is 55.5 Å². The number of aliphatic hydroxyl groups is 1. The van der Waals surface area contributed by atoms with E-state index in [0.29, 0.717) is 5.56 Å². The van der Waals surface area contributed by atoms with Crippen molar-refractivity contribution in [2.45, 2.75) is 70.5 Å². The van der Waals surface area contributed by atoms with Gasteiger partial charge >= 0.3 is 25.0 Å². The number of aliphatic hydroxyl groups excluding tert-OH is 1. The third-order valence-electron chi connectivity index (χ3n) is 4.91. The first-order chi connectivity index (χ1) is 15.4. The first kappa shape index (κ1) is 27.5. The Bertz CT molecular complexity index is 857. The fourth-order valence-corrected chi connectivity index (χ4v) is 5.02. The number of hydrogen-bond donors (Lipinski definition) is 1. The summed E-state index contributed by atoms with van der Waals surface area (Å²) >= 11 is 0. The van der Waals surface area contributed by atoms with Crippen LogP contribution in [0.15, 0.2) is 30.3 Å². The van der Waals surface area contributed by atoms with Gasteiger partial charge in [-0.2, -0.15) is 8.78 Å².